The van der Waals surface area contributed by atoms with Gasteiger partial charge in [-0.1, -0.05) is 35.9 Å². The van der Waals surface area contributed by atoms with Crippen molar-refractivity contribution in [3.8, 4) is 11.3 Å². The molecule has 0 aliphatic rings. The van der Waals surface area contributed by atoms with Gasteiger partial charge in [0.1, 0.15) is 5.82 Å². The van der Waals surface area contributed by atoms with Crippen LogP contribution in [0.4, 0.5) is 4.39 Å². The van der Waals surface area contributed by atoms with Gasteiger partial charge in [-0.25, -0.2) is 13.3 Å². The Labute approximate surface area is 216 Å². The van der Waals surface area contributed by atoms with Crippen LogP contribution < -0.4 is 4.72 Å². The third-order valence-electron chi connectivity index (χ3n) is 5.66. The van der Waals surface area contributed by atoms with E-state index in [-0.39, 0.29) is 10.6 Å². The number of benzene rings is 2. The smallest absolute Gasteiger partial charge is 0.129 e. The summed E-state index contributed by atoms with van der Waals surface area (Å²) in [4.78, 5) is 5.33. The van der Waals surface area contributed by atoms with Gasteiger partial charge in [0.15, 0.2) is 0 Å². The van der Waals surface area contributed by atoms with E-state index in [0.29, 0.717) is 0 Å². The molecule has 0 aliphatic carbocycles. The van der Waals surface area contributed by atoms with Gasteiger partial charge in [0.05, 0.1) is 33.1 Å². The minimum absolute atomic E-state index is 0.266. The van der Waals surface area contributed by atoms with Gasteiger partial charge in [-0.05, 0) is 75.9 Å². The summed E-state index contributed by atoms with van der Waals surface area (Å²) in [5.41, 5.74) is 1.66. The second-order valence-corrected chi connectivity index (χ2v) is 13.4. The maximum absolute atomic E-state index is 15.0. The lowest BCUT2D eigenvalue weighted by atomic mass is 9.97. The van der Waals surface area contributed by atoms with Crippen molar-refractivity contribution in [3.05, 3.63) is 87.6 Å². The summed E-state index contributed by atoms with van der Waals surface area (Å²) in [7, 11) is -1.47. The molecule has 0 radical (unpaired) electrons. The predicted molar refractivity (Wildman–Crippen MR) is 145 cm³/mol. The van der Waals surface area contributed by atoms with Crippen LogP contribution in [0.25, 0.3) is 21.3 Å². The zero-order valence-corrected chi connectivity index (χ0v) is 22.6. The van der Waals surface area contributed by atoms with Crippen molar-refractivity contribution in [2.45, 2.75) is 51.0 Å². The molecule has 2 unspecified atom stereocenters. The van der Waals surface area contributed by atoms with Crippen molar-refractivity contribution in [2.24, 2.45) is 0 Å². The summed E-state index contributed by atoms with van der Waals surface area (Å²) in [5.74, 6) is -0.460. The average molecular weight is 531 g/mol. The molecule has 0 amide bonds. The highest BCUT2D eigenvalue weighted by atomic mass is 35.5. The van der Waals surface area contributed by atoms with E-state index in [0.717, 1.165) is 31.8 Å². The number of hydrogen-bond acceptors (Lipinski definition) is 4. The number of aliphatic hydroxyl groups is 1. The predicted octanol–water partition coefficient (Wildman–Crippen LogP) is 7.12. The number of halogens is 2. The first-order chi connectivity index (χ1) is 16.4. The molecule has 0 aliphatic heterocycles. The number of rotatable bonds is 6. The van der Waals surface area contributed by atoms with E-state index in [1.807, 2.05) is 51.1 Å². The van der Waals surface area contributed by atoms with Crippen LogP contribution in [0.1, 0.15) is 56.7 Å². The van der Waals surface area contributed by atoms with Crippen LogP contribution in [-0.4, -0.2) is 19.0 Å². The lowest BCUT2D eigenvalue weighted by Crippen LogP contribution is -2.36. The van der Waals surface area contributed by atoms with E-state index >= 15 is 4.39 Å². The van der Waals surface area contributed by atoms with Crippen LogP contribution in [-0.2, 0) is 16.6 Å². The largest absolute Gasteiger partial charge is 0.386 e. The van der Waals surface area contributed by atoms with Gasteiger partial charge in [-0.15, -0.1) is 11.3 Å². The fourth-order valence-corrected chi connectivity index (χ4v) is 6.12. The van der Waals surface area contributed by atoms with Crippen molar-refractivity contribution in [1.29, 1.82) is 0 Å². The third kappa shape index (κ3) is 5.49. The maximum atomic E-state index is 15.0. The van der Waals surface area contributed by atoms with Crippen molar-refractivity contribution < 1.29 is 13.7 Å². The van der Waals surface area contributed by atoms with E-state index in [1.165, 1.54) is 17.4 Å². The van der Waals surface area contributed by atoms with E-state index in [1.54, 1.807) is 38.2 Å². The molecular formula is C27H28ClFN2O2S2. The fourth-order valence-electron chi connectivity index (χ4n) is 3.71. The molecule has 35 heavy (non-hydrogen) atoms. The molecule has 0 fully saturated rings. The summed E-state index contributed by atoms with van der Waals surface area (Å²) in [6.07, 6.45) is 1.69. The first-order valence-electron chi connectivity index (χ1n) is 11.2. The molecular weight excluding hydrogens is 503 g/mol. The zero-order valence-electron chi connectivity index (χ0n) is 20.2. The summed E-state index contributed by atoms with van der Waals surface area (Å²) in [6.45, 7) is 9.06. The van der Waals surface area contributed by atoms with Crippen LogP contribution in [0.3, 0.4) is 0 Å². The van der Waals surface area contributed by atoms with Gasteiger partial charge in [0, 0.05) is 31.9 Å². The van der Waals surface area contributed by atoms with Gasteiger partial charge >= 0.3 is 0 Å². The van der Waals surface area contributed by atoms with Crippen molar-refractivity contribution in [3.63, 3.8) is 0 Å². The molecule has 0 spiro atoms. The van der Waals surface area contributed by atoms with Gasteiger partial charge < -0.3 is 5.11 Å². The second kappa shape index (κ2) is 9.71. The highest BCUT2D eigenvalue weighted by molar-refractivity contribution is 7.84. The van der Waals surface area contributed by atoms with E-state index in [4.69, 9.17) is 11.6 Å². The van der Waals surface area contributed by atoms with Crippen LogP contribution in [0, 0.1) is 5.82 Å². The minimum atomic E-state index is -1.47. The Balaban J connectivity index is 1.88. The molecule has 184 valence electrons. The minimum Gasteiger partial charge on any atom is -0.386 e. The number of nitrogens with zero attached hydrogens (tertiary/aromatic N) is 1. The molecule has 4 nitrogen and oxygen atoms in total. The van der Waals surface area contributed by atoms with Gasteiger partial charge in [0.25, 0.3) is 0 Å². The summed E-state index contributed by atoms with van der Waals surface area (Å²) in [6, 6.07) is 15.4. The van der Waals surface area contributed by atoms with Gasteiger partial charge in [-0.2, -0.15) is 0 Å². The highest BCUT2D eigenvalue weighted by Gasteiger charge is 2.29. The molecule has 0 saturated heterocycles. The number of hydrogen-bond donors (Lipinski definition) is 2. The summed E-state index contributed by atoms with van der Waals surface area (Å²) < 4.78 is 31.7. The lowest BCUT2D eigenvalue weighted by molar-refractivity contribution is 0.0785. The second-order valence-electron chi connectivity index (χ2n) is 9.93. The Hall–Kier alpha value is -2.16. The van der Waals surface area contributed by atoms with Crippen molar-refractivity contribution >= 4 is 44.0 Å². The Bertz CT molecular complexity index is 1390. The van der Waals surface area contributed by atoms with Gasteiger partial charge in [-0.3, -0.25) is 4.98 Å². The van der Waals surface area contributed by atoms with E-state index in [9.17, 15) is 9.32 Å². The lowest BCUT2D eigenvalue weighted by Gasteiger charge is -2.25. The molecule has 4 aromatic rings. The van der Waals surface area contributed by atoms with Gasteiger partial charge in [0.2, 0.25) is 0 Å². The molecule has 2 N–H and O–H groups in total. The van der Waals surface area contributed by atoms with Crippen molar-refractivity contribution in [2.75, 3.05) is 0 Å². The summed E-state index contributed by atoms with van der Waals surface area (Å²) >= 11 is 7.93. The van der Waals surface area contributed by atoms with E-state index < -0.39 is 33.2 Å². The Morgan fingerprint density at radius 1 is 1.09 bits per heavy atom. The third-order valence-corrected chi connectivity index (χ3v) is 8.80. The first kappa shape index (κ1) is 25.9. The van der Waals surface area contributed by atoms with Crippen LogP contribution >= 0.6 is 22.9 Å². The quantitative estimate of drug-likeness (QED) is 0.279. The summed E-state index contributed by atoms with van der Waals surface area (Å²) in [5, 5.41) is 11.7. The van der Waals surface area contributed by atoms with Crippen LogP contribution in [0.2, 0.25) is 5.02 Å². The number of aromatic nitrogens is 1. The number of nitrogens with one attached hydrogen (secondary N) is 1. The SMILES string of the molecule is CC(C)(O)c1ccnc(-c2cccc3cc(C(NS(=O)C(C)(C)C)c4c(F)cccc4Cl)sc23)c1. The van der Waals surface area contributed by atoms with Crippen LogP contribution in [0.15, 0.2) is 60.8 Å². The maximum Gasteiger partial charge on any atom is 0.129 e. The average Bonchev–Trinajstić information content (AvgIpc) is 3.21. The van der Waals surface area contributed by atoms with Crippen LogP contribution in [0.5, 0.6) is 0 Å². The van der Waals surface area contributed by atoms with Crippen molar-refractivity contribution in [1.82, 2.24) is 9.71 Å². The number of thiophene rings is 1. The molecule has 2 aromatic heterocycles. The topological polar surface area (TPSA) is 62.2 Å². The zero-order chi connectivity index (χ0) is 25.5. The number of fused-ring (bicyclic) bond motifs is 1. The first-order valence-corrected chi connectivity index (χ1v) is 13.5. The normalized spacial score (nSPS) is 14.3. The molecule has 0 bridgehead atoms. The Morgan fingerprint density at radius 3 is 2.46 bits per heavy atom. The monoisotopic (exact) mass is 530 g/mol. The molecule has 2 atom stereocenters. The molecule has 4 rings (SSSR count). The number of pyridine rings is 1. The highest BCUT2D eigenvalue weighted by Crippen LogP contribution is 2.41. The standard InChI is InChI=1S/C27H28ClFN2O2S2/c1-26(2,3)35(33)31-24(23-19(28)10-7-11-20(23)29)22-14-16-8-6-9-18(25(16)34-22)21-15-17(12-13-30-21)27(4,5)32/h6-15,24,31-32H,1-5H3. The molecule has 0 saturated carbocycles. The molecule has 2 aromatic carbocycles. The van der Waals surface area contributed by atoms with E-state index in [2.05, 4.69) is 9.71 Å². The Kier molecular flexibility index (Phi) is 7.19. The molecule has 2 heterocycles. The Morgan fingerprint density at radius 2 is 1.80 bits per heavy atom. The fraction of sp³-hybridized carbons (Fsp3) is 0.296. The molecule has 8 heteroatoms.